The smallest absolute Gasteiger partial charge is 0.227 e. The van der Waals surface area contributed by atoms with Crippen LogP contribution in [0, 0.1) is 11.7 Å². The third-order valence-electron chi connectivity index (χ3n) is 4.83. The molecule has 2 saturated heterocycles. The molecule has 3 rings (SSSR count). The Bertz CT molecular complexity index is 561. The highest BCUT2D eigenvalue weighted by Crippen LogP contribution is 2.21. The van der Waals surface area contributed by atoms with Crippen molar-refractivity contribution in [1.29, 1.82) is 0 Å². The van der Waals surface area contributed by atoms with E-state index in [1.807, 2.05) is 11.0 Å². The molecule has 0 aliphatic carbocycles. The van der Waals surface area contributed by atoms with Crippen molar-refractivity contribution in [2.75, 3.05) is 32.7 Å². The van der Waals surface area contributed by atoms with Crippen molar-refractivity contribution >= 4 is 30.7 Å². The number of amides is 1. The highest BCUT2D eigenvalue weighted by molar-refractivity contribution is 5.85. The van der Waals surface area contributed by atoms with Gasteiger partial charge in [0.05, 0.1) is 5.92 Å². The molecule has 1 amide bonds. The second-order valence-electron chi connectivity index (χ2n) is 6.84. The third kappa shape index (κ3) is 6.10. The van der Waals surface area contributed by atoms with Gasteiger partial charge in [0.25, 0.3) is 0 Å². The van der Waals surface area contributed by atoms with E-state index in [0.29, 0.717) is 11.9 Å². The summed E-state index contributed by atoms with van der Waals surface area (Å²) in [6.45, 7) is 7.11. The zero-order valence-corrected chi connectivity index (χ0v) is 16.3. The van der Waals surface area contributed by atoms with Crippen LogP contribution >= 0.6 is 24.8 Å². The number of halogens is 3. The number of carbonyl (C=O) groups excluding carboxylic acids is 1. The molecule has 0 spiro atoms. The maximum Gasteiger partial charge on any atom is 0.227 e. The molecular formula is C18H28Cl2FN3O. The van der Waals surface area contributed by atoms with Gasteiger partial charge >= 0.3 is 0 Å². The van der Waals surface area contributed by atoms with E-state index in [-0.39, 0.29) is 36.5 Å². The predicted molar refractivity (Wildman–Crippen MR) is 103 cm³/mol. The lowest BCUT2D eigenvalue weighted by atomic mass is 9.95. The fourth-order valence-electron chi connectivity index (χ4n) is 3.68. The maximum absolute atomic E-state index is 13.3. The Hall–Kier alpha value is -0.880. The first-order valence-electron chi connectivity index (χ1n) is 8.61. The first kappa shape index (κ1) is 22.2. The Morgan fingerprint density at radius 3 is 2.80 bits per heavy atom. The molecule has 0 saturated carbocycles. The summed E-state index contributed by atoms with van der Waals surface area (Å²) >= 11 is 0. The lowest BCUT2D eigenvalue weighted by Gasteiger charge is -2.38. The van der Waals surface area contributed by atoms with Gasteiger partial charge in [0.1, 0.15) is 5.82 Å². The van der Waals surface area contributed by atoms with Gasteiger partial charge in [-0.2, -0.15) is 0 Å². The van der Waals surface area contributed by atoms with Crippen molar-refractivity contribution in [1.82, 2.24) is 15.1 Å². The average molecular weight is 392 g/mol. The second kappa shape index (κ2) is 10.3. The summed E-state index contributed by atoms with van der Waals surface area (Å²) < 4.78 is 13.3. The van der Waals surface area contributed by atoms with E-state index in [2.05, 4.69) is 17.1 Å². The van der Waals surface area contributed by atoms with Crippen molar-refractivity contribution in [2.24, 2.45) is 5.92 Å². The van der Waals surface area contributed by atoms with E-state index in [9.17, 15) is 9.18 Å². The van der Waals surface area contributed by atoms with Gasteiger partial charge in [-0.1, -0.05) is 12.1 Å². The van der Waals surface area contributed by atoms with Gasteiger partial charge in [0, 0.05) is 38.8 Å². The molecule has 0 aromatic heterocycles. The summed E-state index contributed by atoms with van der Waals surface area (Å²) in [5, 5.41) is 3.38. The van der Waals surface area contributed by atoms with E-state index in [0.717, 1.165) is 57.7 Å². The highest BCUT2D eigenvalue weighted by Gasteiger charge is 2.30. The summed E-state index contributed by atoms with van der Waals surface area (Å²) in [5.74, 6) is 0.187. The Morgan fingerprint density at radius 2 is 2.08 bits per heavy atom. The van der Waals surface area contributed by atoms with Crippen molar-refractivity contribution in [3.8, 4) is 0 Å². The monoisotopic (exact) mass is 391 g/mol. The minimum absolute atomic E-state index is 0. The number of rotatable bonds is 3. The molecule has 0 radical (unpaired) electrons. The van der Waals surface area contributed by atoms with E-state index in [1.54, 1.807) is 12.1 Å². The number of benzene rings is 1. The molecule has 2 atom stereocenters. The van der Waals surface area contributed by atoms with Crippen LogP contribution in [0.4, 0.5) is 4.39 Å². The topological polar surface area (TPSA) is 35.6 Å². The SMILES string of the molecule is CC1CN(C(=O)C2CCCN(Cc3cccc(F)c3)C2)CCN1.Cl.Cl. The molecular weight excluding hydrogens is 364 g/mol. The van der Waals surface area contributed by atoms with Gasteiger partial charge in [-0.3, -0.25) is 9.69 Å². The van der Waals surface area contributed by atoms with Crippen molar-refractivity contribution in [2.45, 2.75) is 32.4 Å². The van der Waals surface area contributed by atoms with Crippen LogP contribution in [-0.4, -0.2) is 54.5 Å². The number of nitrogens with one attached hydrogen (secondary N) is 1. The first-order valence-corrected chi connectivity index (χ1v) is 8.61. The largest absolute Gasteiger partial charge is 0.340 e. The summed E-state index contributed by atoms with van der Waals surface area (Å²) in [5.41, 5.74) is 0.980. The number of hydrogen-bond donors (Lipinski definition) is 1. The lowest BCUT2D eigenvalue weighted by molar-refractivity contribution is -0.138. The van der Waals surface area contributed by atoms with E-state index >= 15 is 0 Å². The van der Waals surface area contributed by atoms with Crippen LogP contribution in [-0.2, 0) is 11.3 Å². The molecule has 142 valence electrons. The molecule has 4 nitrogen and oxygen atoms in total. The van der Waals surface area contributed by atoms with Crippen molar-refractivity contribution < 1.29 is 9.18 Å². The van der Waals surface area contributed by atoms with E-state index < -0.39 is 0 Å². The van der Waals surface area contributed by atoms with Gasteiger partial charge in [-0.25, -0.2) is 4.39 Å². The normalized spacial score (nSPS) is 24.2. The minimum Gasteiger partial charge on any atom is -0.340 e. The van der Waals surface area contributed by atoms with Crippen LogP contribution in [0.2, 0.25) is 0 Å². The standard InChI is InChI=1S/C18H26FN3O.2ClH/c1-14-11-22(9-7-20-14)18(23)16-5-3-8-21(13-16)12-15-4-2-6-17(19)10-15;;/h2,4,6,10,14,16,20H,3,5,7-9,11-13H2,1H3;2*1H. The molecule has 2 fully saturated rings. The number of likely N-dealkylation sites (tertiary alicyclic amines) is 1. The Balaban J connectivity index is 0.00000156. The molecule has 1 aromatic carbocycles. The van der Waals surface area contributed by atoms with Crippen LogP contribution in [0.3, 0.4) is 0 Å². The van der Waals surface area contributed by atoms with Gasteiger partial charge < -0.3 is 10.2 Å². The number of hydrogen-bond acceptors (Lipinski definition) is 3. The highest BCUT2D eigenvalue weighted by atomic mass is 35.5. The number of carbonyl (C=O) groups is 1. The molecule has 2 unspecified atom stereocenters. The summed E-state index contributed by atoms with van der Waals surface area (Å²) in [4.78, 5) is 17.1. The Labute approximate surface area is 162 Å². The molecule has 25 heavy (non-hydrogen) atoms. The molecule has 2 aliphatic rings. The summed E-state index contributed by atoms with van der Waals surface area (Å²) in [6, 6.07) is 7.13. The van der Waals surface area contributed by atoms with Crippen LogP contribution in [0.5, 0.6) is 0 Å². The molecule has 1 N–H and O–H groups in total. The number of piperazine rings is 1. The molecule has 7 heteroatoms. The molecule has 0 bridgehead atoms. The quantitative estimate of drug-likeness (QED) is 0.859. The fourth-order valence-corrected chi connectivity index (χ4v) is 3.68. The van der Waals surface area contributed by atoms with Gasteiger partial charge in [-0.05, 0) is 44.0 Å². The van der Waals surface area contributed by atoms with Crippen LogP contribution < -0.4 is 5.32 Å². The van der Waals surface area contributed by atoms with Crippen molar-refractivity contribution in [3.05, 3.63) is 35.6 Å². The summed E-state index contributed by atoms with van der Waals surface area (Å²) in [6.07, 6.45) is 2.00. The molecule has 2 heterocycles. The number of nitrogens with zero attached hydrogens (tertiary/aromatic N) is 2. The molecule has 1 aromatic rings. The fraction of sp³-hybridized carbons (Fsp3) is 0.611. The zero-order valence-electron chi connectivity index (χ0n) is 14.6. The summed E-state index contributed by atoms with van der Waals surface area (Å²) in [7, 11) is 0. The van der Waals surface area contributed by atoms with Crippen LogP contribution in [0.25, 0.3) is 0 Å². The zero-order chi connectivity index (χ0) is 16.2. The van der Waals surface area contributed by atoms with Gasteiger partial charge in [0.15, 0.2) is 0 Å². The van der Waals surface area contributed by atoms with Gasteiger partial charge in [0.2, 0.25) is 5.91 Å². The lowest BCUT2D eigenvalue weighted by Crippen LogP contribution is -2.54. The van der Waals surface area contributed by atoms with E-state index in [1.165, 1.54) is 6.07 Å². The van der Waals surface area contributed by atoms with E-state index in [4.69, 9.17) is 0 Å². The number of piperidine rings is 1. The Kier molecular flexibility index (Phi) is 9.14. The predicted octanol–water partition coefficient (Wildman–Crippen LogP) is 2.70. The third-order valence-corrected chi connectivity index (χ3v) is 4.83. The maximum atomic E-state index is 13.3. The van der Waals surface area contributed by atoms with Crippen LogP contribution in [0.1, 0.15) is 25.3 Å². The van der Waals surface area contributed by atoms with Gasteiger partial charge in [-0.15, -0.1) is 24.8 Å². The average Bonchev–Trinajstić information content (AvgIpc) is 2.54. The second-order valence-corrected chi connectivity index (χ2v) is 6.84. The molecule has 2 aliphatic heterocycles. The van der Waals surface area contributed by atoms with Crippen LogP contribution in [0.15, 0.2) is 24.3 Å². The first-order chi connectivity index (χ1) is 11.1. The Morgan fingerprint density at radius 1 is 1.28 bits per heavy atom. The minimum atomic E-state index is -0.193. The van der Waals surface area contributed by atoms with Crippen molar-refractivity contribution in [3.63, 3.8) is 0 Å².